The summed E-state index contributed by atoms with van der Waals surface area (Å²) < 4.78 is 12.4. The van der Waals surface area contributed by atoms with Crippen molar-refractivity contribution in [2.45, 2.75) is 20.4 Å². The molecule has 88 valence electrons. The molecule has 2 aromatic rings. The minimum Gasteiger partial charge on any atom is -0.454 e. The van der Waals surface area contributed by atoms with Crippen molar-refractivity contribution in [3.8, 4) is 11.5 Å². The van der Waals surface area contributed by atoms with E-state index in [1.54, 1.807) is 10.6 Å². The number of rotatable bonds is 1. The Morgan fingerprint density at radius 1 is 1.24 bits per heavy atom. The molecule has 0 saturated carbocycles. The number of aromatic nitrogens is 1. The summed E-state index contributed by atoms with van der Waals surface area (Å²) in [6, 6.07) is 5.49. The zero-order valence-corrected chi connectivity index (χ0v) is 9.82. The van der Waals surface area contributed by atoms with Crippen molar-refractivity contribution < 1.29 is 9.47 Å². The van der Waals surface area contributed by atoms with Gasteiger partial charge in [0.15, 0.2) is 11.5 Å². The first-order chi connectivity index (χ1) is 8.20. The maximum atomic E-state index is 11.9. The van der Waals surface area contributed by atoms with E-state index in [1.807, 2.05) is 26.0 Å². The molecule has 0 radical (unpaired) electrons. The van der Waals surface area contributed by atoms with Gasteiger partial charge in [-0.2, -0.15) is 0 Å². The Labute approximate surface area is 98.4 Å². The summed E-state index contributed by atoms with van der Waals surface area (Å²) in [5.74, 6) is 1.46. The van der Waals surface area contributed by atoms with Crippen molar-refractivity contribution in [1.29, 1.82) is 0 Å². The van der Waals surface area contributed by atoms with Gasteiger partial charge in [-0.25, -0.2) is 0 Å². The molecule has 0 bridgehead atoms. The van der Waals surface area contributed by atoms with E-state index in [1.165, 1.54) is 0 Å². The molecular formula is C13H13NO3. The Morgan fingerprint density at radius 3 is 2.65 bits per heavy atom. The average molecular weight is 231 g/mol. The summed E-state index contributed by atoms with van der Waals surface area (Å²) in [6.45, 7) is 4.79. The quantitative estimate of drug-likeness (QED) is 0.754. The zero-order valence-electron chi connectivity index (χ0n) is 9.82. The fourth-order valence-corrected chi connectivity index (χ4v) is 2.26. The predicted octanol–water partition coefficient (Wildman–Crippen LogP) is 2.06. The third-order valence-corrected chi connectivity index (χ3v) is 3.13. The molecule has 1 aliphatic rings. The maximum absolute atomic E-state index is 11.9. The molecule has 1 aliphatic heterocycles. The number of nitrogens with zero attached hydrogens (tertiary/aromatic N) is 1. The van der Waals surface area contributed by atoms with Gasteiger partial charge in [-0.15, -0.1) is 0 Å². The molecule has 0 unspecified atom stereocenters. The number of aryl methyl sites for hydroxylation is 2. The highest BCUT2D eigenvalue weighted by Gasteiger charge is 2.16. The monoisotopic (exact) mass is 231 g/mol. The normalized spacial score (nSPS) is 13.3. The molecule has 4 heteroatoms. The number of fused-ring (bicyclic) bond motifs is 2. The fourth-order valence-electron chi connectivity index (χ4n) is 2.26. The van der Waals surface area contributed by atoms with E-state index in [2.05, 4.69) is 0 Å². The summed E-state index contributed by atoms with van der Waals surface area (Å²) in [7, 11) is 0. The van der Waals surface area contributed by atoms with Gasteiger partial charge in [-0.1, -0.05) is 0 Å². The molecule has 0 aliphatic carbocycles. The van der Waals surface area contributed by atoms with Crippen molar-refractivity contribution >= 4 is 10.9 Å². The largest absolute Gasteiger partial charge is 0.454 e. The Bertz CT molecular complexity index is 658. The van der Waals surface area contributed by atoms with E-state index in [0.29, 0.717) is 12.3 Å². The van der Waals surface area contributed by atoms with E-state index < -0.39 is 0 Å². The Hall–Kier alpha value is -1.97. The van der Waals surface area contributed by atoms with Crippen LogP contribution in [0.2, 0.25) is 0 Å². The van der Waals surface area contributed by atoms with E-state index in [4.69, 9.17) is 9.47 Å². The van der Waals surface area contributed by atoms with Crippen LogP contribution in [-0.2, 0) is 6.54 Å². The fraction of sp³-hybridized carbons (Fsp3) is 0.308. The third kappa shape index (κ3) is 1.40. The highest BCUT2D eigenvalue weighted by molar-refractivity contribution is 5.86. The van der Waals surface area contributed by atoms with Gasteiger partial charge in [-0.05, 0) is 25.5 Å². The lowest BCUT2D eigenvalue weighted by molar-refractivity contribution is 0.174. The standard InChI is InChI=1S/C13H13NO3/c1-3-14-10-6-12-11(16-7-17-12)5-9(10)8(2)4-13(14)15/h4-6H,3,7H2,1-2H3. The van der Waals surface area contributed by atoms with Crippen LogP contribution in [0.1, 0.15) is 12.5 Å². The van der Waals surface area contributed by atoms with Crippen molar-refractivity contribution in [2.75, 3.05) is 6.79 Å². The first-order valence-corrected chi connectivity index (χ1v) is 5.64. The van der Waals surface area contributed by atoms with Crippen LogP contribution in [0.25, 0.3) is 10.9 Å². The second-order valence-corrected chi connectivity index (χ2v) is 4.13. The molecule has 0 spiro atoms. The Morgan fingerprint density at radius 2 is 1.94 bits per heavy atom. The van der Waals surface area contributed by atoms with Crippen LogP contribution in [0, 0.1) is 6.92 Å². The van der Waals surface area contributed by atoms with Crippen molar-refractivity contribution in [2.24, 2.45) is 0 Å². The first kappa shape index (κ1) is 10.2. The minimum atomic E-state index is 0.0244. The molecular weight excluding hydrogens is 218 g/mol. The summed E-state index contributed by atoms with van der Waals surface area (Å²) in [4.78, 5) is 11.9. The summed E-state index contributed by atoms with van der Waals surface area (Å²) >= 11 is 0. The molecule has 1 aromatic carbocycles. The molecule has 4 nitrogen and oxygen atoms in total. The van der Waals surface area contributed by atoms with Crippen LogP contribution in [-0.4, -0.2) is 11.4 Å². The van der Waals surface area contributed by atoms with E-state index in [9.17, 15) is 4.79 Å². The third-order valence-electron chi connectivity index (χ3n) is 3.13. The second-order valence-electron chi connectivity index (χ2n) is 4.13. The SMILES string of the molecule is CCn1c(=O)cc(C)c2cc3c(cc21)OCO3. The van der Waals surface area contributed by atoms with Gasteiger partial charge in [0.1, 0.15) is 0 Å². The predicted molar refractivity (Wildman–Crippen MR) is 64.7 cm³/mol. The van der Waals surface area contributed by atoms with Crippen LogP contribution < -0.4 is 15.0 Å². The highest BCUT2D eigenvalue weighted by Crippen LogP contribution is 2.36. The smallest absolute Gasteiger partial charge is 0.251 e. The van der Waals surface area contributed by atoms with E-state index in [0.717, 1.165) is 22.2 Å². The Kier molecular flexibility index (Phi) is 2.11. The molecule has 17 heavy (non-hydrogen) atoms. The molecule has 1 aromatic heterocycles. The summed E-state index contributed by atoms with van der Waals surface area (Å²) in [5.41, 5.74) is 1.89. The molecule has 0 amide bonds. The Balaban J connectivity index is 2.45. The molecule has 0 fully saturated rings. The van der Waals surface area contributed by atoms with Gasteiger partial charge in [0.25, 0.3) is 5.56 Å². The van der Waals surface area contributed by atoms with Crippen LogP contribution in [0.4, 0.5) is 0 Å². The lowest BCUT2D eigenvalue weighted by Crippen LogP contribution is -2.19. The minimum absolute atomic E-state index is 0.0244. The number of hydrogen-bond donors (Lipinski definition) is 0. The molecule has 2 heterocycles. The number of ether oxygens (including phenoxy) is 2. The van der Waals surface area contributed by atoms with Gasteiger partial charge in [0.05, 0.1) is 5.52 Å². The van der Waals surface area contributed by atoms with Crippen molar-refractivity contribution in [3.05, 3.63) is 34.1 Å². The van der Waals surface area contributed by atoms with Gasteiger partial charge in [-0.3, -0.25) is 4.79 Å². The molecule has 0 N–H and O–H groups in total. The van der Waals surface area contributed by atoms with Crippen LogP contribution in [0.5, 0.6) is 11.5 Å². The van der Waals surface area contributed by atoms with Gasteiger partial charge in [0.2, 0.25) is 6.79 Å². The molecule has 3 rings (SSSR count). The van der Waals surface area contributed by atoms with Crippen LogP contribution in [0.15, 0.2) is 23.0 Å². The van der Waals surface area contributed by atoms with Gasteiger partial charge < -0.3 is 14.0 Å². The lowest BCUT2D eigenvalue weighted by Gasteiger charge is -2.10. The van der Waals surface area contributed by atoms with Gasteiger partial charge in [0, 0.05) is 24.1 Å². The summed E-state index contributed by atoms with van der Waals surface area (Å²) in [6.07, 6.45) is 0. The second kappa shape index (κ2) is 3.52. The first-order valence-electron chi connectivity index (χ1n) is 5.64. The maximum Gasteiger partial charge on any atom is 0.251 e. The van der Waals surface area contributed by atoms with Gasteiger partial charge >= 0.3 is 0 Å². The van der Waals surface area contributed by atoms with E-state index >= 15 is 0 Å². The number of pyridine rings is 1. The number of hydrogen-bond acceptors (Lipinski definition) is 3. The molecule has 0 atom stereocenters. The highest BCUT2D eigenvalue weighted by atomic mass is 16.7. The lowest BCUT2D eigenvalue weighted by atomic mass is 10.1. The van der Waals surface area contributed by atoms with E-state index in [-0.39, 0.29) is 12.4 Å². The average Bonchev–Trinajstić information content (AvgIpc) is 2.74. The van der Waals surface area contributed by atoms with Crippen LogP contribution in [0.3, 0.4) is 0 Å². The van der Waals surface area contributed by atoms with Crippen molar-refractivity contribution in [1.82, 2.24) is 4.57 Å². The van der Waals surface area contributed by atoms with Crippen LogP contribution >= 0.6 is 0 Å². The molecule has 0 saturated heterocycles. The summed E-state index contributed by atoms with van der Waals surface area (Å²) in [5, 5.41) is 1.04. The topological polar surface area (TPSA) is 40.5 Å². The zero-order chi connectivity index (χ0) is 12.0. The van der Waals surface area contributed by atoms with Crippen molar-refractivity contribution in [3.63, 3.8) is 0 Å². The number of benzene rings is 1.